The number of thiophene rings is 1. The third kappa shape index (κ3) is 3.49. The molecular formula is C14H8BrN3O5S. The lowest BCUT2D eigenvalue weighted by molar-refractivity contribution is -0.380. The number of benzene rings is 1. The van der Waals surface area contributed by atoms with Gasteiger partial charge in [-0.2, -0.15) is 0 Å². The fraction of sp³-hybridized carbons (Fsp3) is 0.0714. The first-order valence-electron chi connectivity index (χ1n) is 6.53. The summed E-state index contributed by atoms with van der Waals surface area (Å²) in [5.74, 6) is -0.269. The molecular weight excluding hydrogens is 402 g/mol. The van der Waals surface area contributed by atoms with Crippen molar-refractivity contribution in [2.24, 2.45) is 0 Å². The minimum absolute atomic E-state index is 0.125. The molecule has 2 heterocycles. The van der Waals surface area contributed by atoms with Gasteiger partial charge < -0.3 is 9.15 Å². The van der Waals surface area contributed by atoms with E-state index >= 15 is 0 Å². The number of hydrogen-bond acceptors (Lipinski definition) is 8. The maximum Gasteiger partial charge on any atom is 0.349 e. The first kappa shape index (κ1) is 16.3. The Morgan fingerprint density at radius 3 is 2.79 bits per heavy atom. The minimum Gasteiger partial charge on any atom is -0.451 e. The predicted molar refractivity (Wildman–Crippen MR) is 87.5 cm³/mol. The zero-order valence-corrected chi connectivity index (χ0v) is 14.2. The monoisotopic (exact) mass is 409 g/mol. The van der Waals surface area contributed by atoms with Crippen LogP contribution in [0.2, 0.25) is 0 Å². The van der Waals surface area contributed by atoms with Crippen molar-refractivity contribution >= 4 is 38.2 Å². The van der Waals surface area contributed by atoms with Crippen LogP contribution in [0.4, 0.5) is 5.00 Å². The Morgan fingerprint density at radius 1 is 1.29 bits per heavy atom. The van der Waals surface area contributed by atoms with Gasteiger partial charge in [0.05, 0.1) is 10.5 Å². The number of rotatable bonds is 5. The van der Waals surface area contributed by atoms with E-state index in [1.807, 2.05) is 18.2 Å². The van der Waals surface area contributed by atoms with Crippen molar-refractivity contribution in [1.82, 2.24) is 10.2 Å². The van der Waals surface area contributed by atoms with E-state index in [0.717, 1.165) is 21.4 Å². The molecule has 2 aromatic heterocycles. The third-order valence-electron chi connectivity index (χ3n) is 2.87. The lowest BCUT2D eigenvalue weighted by Crippen LogP contribution is -2.03. The van der Waals surface area contributed by atoms with Gasteiger partial charge in [-0.25, -0.2) is 4.79 Å². The quantitative estimate of drug-likeness (QED) is 0.357. The van der Waals surface area contributed by atoms with Gasteiger partial charge in [-0.3, -0.25) is 10.1 Å². The molecule has 0 saturated carbocycles. The average molecular weight is 410 g/mol. The summed E-state index contributed by atoms with van der Waals surface area (Å²) in [5, 5.41) is 18.2. The zero-order valence-electron chi connectivity index (χ0n) is 11.8. The first-order valence-corrected chi connectivity index (χ1v) is 8.14. The highest BCUT2D eigenvalue weighted by molar-refractivity contribution is 9.10. The molecule has 0 unspecified atom stereocenters. The molecule has 122 valence electrons. The second-order valence-electron chi connectivity index (χ2n) is 4.45. The van der Waals surface area contributed by atoms with Crippen molar-refractivity contribution in [2.75, 3.05) is 0 Å². The number of carbonyl (C=O) groups is 1. The van der Waals surface area contributed by atoms with Gasteiger partial charge in [-0.05, 0) is 34.1 Å². The Kier molecular flexibility index (Phi) is 4.67. The Labute approximate surface area is 147 Å². The fourth-order valence-corrected chi connectivity index (χ4v) is 2.96. The predicted octanol–water partition coefficient (Wildman–Crippen LogP) is 3.83. The summed E-state index contributed by atoms with van der Waals surface area (Å²) in [4.78, 5) is 22.0. The summed E-state index contributed by atoms with van der Waals surface area (Å²) in [5.41, 5.74) is 0.719. The van der Waals surface area contributed by atoms with Crippen LogP contribution >= 0.6 is 27.3 Å². The molecule has 0 amide bonds. The van der Waals surface area contributed by atoms with Crippen molar-refractivity contribution in [1.29, 1.82) is 0 Å². The van der Waals surface area contributed by atoms with E-state index in [4.69, 9.17) is 9.15 Å². The average Bonchev–Trinajstić information content (AvgIpc) is 3.22. The SMILES string of the molecule is O=C(OCc1nnc(-c2ccccc2Br)o1)c1ccc([N+](=O)[O-])s1. The van der Waals surface area contributed by atoms with Crippen LogP contribution in [0.5, 0.6) is 0 Å². The highest BCUT2D eigenvalue weighted by Crippen LogP contribution is 2.27. The van der Waals surface area contributed by atoms with Crippen LogP contribution in [0.3, 0.4) is 0 Å². The number of halogens is 1. The number of carbonyl (C=O) groups excluding carboxylic acids is 1. The number of hydrogen-bond donors (Lipinski definition) is 0. The molecule has 0 aliphatic rings. The van der Waals surface area contributed by atoms with E-state index in [1.54, 1.807) is 6.07 Å². The molecule has 0 atom stereocenters. The summed E-state index contributed by atoms with van der Waals surface area (Å²) >= 11 is 4.12. The third-order valence-corrected chi connectivity index (χ3v) is 4.58. The molecule has 1 aromatic carbocycles. The number of nitrogens with zero attached hydrogens (tertiary/aromatic N) is 3. The van der Waals surface area contributed by atoms with Crippen LogP contribution in [-0.4, -0.2) is 21.1 Å². The van der Waals surface area contributed by atoms with Gasteiger partial charge in [0.2, 0.25) is 5.89 Å². The number of aromatic nitrogens is 2. The molecule has 0 aliphatic heterocycles. The van der Waals surface area contributed by atoms with E-state index in [2.05, 4.69) is 26.1 Å². The summed E-state index contributed by atoms with van der Waals surface area (Å²) in [6.45, 7) is -0.220. The van der Waals surface area contributed by atoms with Gasteiger partial charge in [-0.15, -0.1) is 10.2 Å². The number of esters is 1. The lowest BCUT2D eigenvalue weighted by Gasteiger charge is -1.99. The van der Waals surface area contributed by atoms with Gasteiger partial charge in [-0.1, -0.05) is 23.5 Å². The van der Waals surface area contributed by atoms with Gasteiger partial charge in [0.1, 0.15) is 4.88 Å². The molecule has 24 heavy (non-hydrogen) atoms. The van der Waals surface area contributed by atoms with Crippen molar-refractivity contribution in [3.8, 4) is 11.5 Å². The Hall–Kier alpha value is -2.59. The van der Waals surface area contributed by atoms with Crippen LogP contribution in [0, 0.1) is 10.1 Å². The summed E-state index contributed by atoms with van der Waals surface area (Å²) < 4.78 is 11.3. The van der Waals surface area contributed by atoms with Crippen molar-refractivity contribution in [3.05, 3.63) is 61.8 Å². The van der Waals surface area contributed by atoms with Gasteiger partial charge in [0.15, 0.2) is 6.61 Å². The van der Waals surface area contributed by atoms with E-state index in [0.29, 0.717) is 5.89 Å². The maximum atomic E-state index is 11.9. The van der Waals surface area contributed by atoms with Gasteiger partial charge in [0, 0.05) is 10.5 Å². The van der Waals surface area contributed by atoms with Crippen LogP contribution in [0.15, 0.2) is 45.3 Å². The second-order valence-corrected chi connectivity index (χ2v) is 6.37. The fourth-order valence-electron chi connectivity index (χ4n) is 1.79. The minimum atomic E-state index is -0.686. The second kappa shape index (κ2) is 6.89. The summed E-state index contributed by atoms with van der Waals surface area (Å²) in [6, 6.07) is 9.91. The molecule has 0 N–H and O–H groups in total. The lowest BCUT2D eigenvalue weighted by atomic mass is 10.2. The standard InChI is InChI=1S/C14H8BrN3O5S/c15-9-4-2-1-3-8(9)13-17-16-11(23-13)7-22-14(19)10-5-6-12(24-10)18(20)21/h1-6H,7H2. The highest BCUT2D eigenvalue weighted by atomic mass is 79.9. The van der Waals surface area contributed by atoms with Crippen molar-refractivity contribution < 1.29 is 18.9 Å². The molecule has 0 spiro atoms. The van der Waals surface area contributed by atoms with Crippen LogP contribution in [0.25, 0.3) is 11.5 Å². The molecule has 10 heteroatoms. The van der Waals surface area contributed by atoms with E-state index in [-0.39, 0.29) is 22.4 Å². The molecule has 0 radical (unpaired) electrons. The highest BCUT2D eigenvalue weighted by Gasteiger charge is 2.18. The first-order chi connectivity index (χ1) is 11.5. The number of ether oxygens (including phenoxy) is 1. The molecule has 3 rings (SSSR count). The Morgan fingerprint density at radius 2 is 2.08 bits per heavy atom. The molecule has 0 bridgehead atoms. The Balaban J connectivity index is 1.66. The van der Waals surface area contributed by atoms with Crippen molar-refractivity contribution in [2.45, 2.75) is 6.61 Å². The van der Waals surface area contributed by atoms with Crippen LogP contribution in [-0.2, 0) is 11.3 Å². The molecule has 8 nitrogen and oxygen atoms in total. The topological polar surface area (TPSA) is 108 Å². The normalized spacial score (nSPS) is 10.5. The van der Waals surface area contributed by atoms with E-state index in [1.165, 1.54) is 12.1 Å². The smallest absolute Gasteiger partial charge is 0.349 e. The molecule has 3 aromatic rings. The largest absolute Gasteiger partial charge is 0.451 e. The molecule has 0 aliphatic carbocycles. The maximum absolute atomic E-state index is 11.9. The molecule has 0 saturated heterocycles. The molecule has 0 fully saturated rings. The van der Waals surface area contributed by atoms with Crippen LogP contribution < -0.4 is 0 Å². The van der Waals surface area contributed by atoms with Gasteiger partial charge in [0.25, 0.3) is 5.89 Å². The van der Waals surface area contributed by atoms with Crippen LogP contribution in [0.1, 0.15) is 15.6 Å². The summed E-state index contributed by atoms with van der Waals surface area (Å²) in [7, 11) is 0. The van der Waals surface area contributed by atoms with E-state index in [9.17, 15) is 14.9 Å². The number of nitro groups is 1. The zero-order chi connectivity index (χ0) is 17.1. The Bertz CT molecular complexity index is 907. The van der Waals surface area contributed by atoms with Gasteiger partial charge >= 0.3 is 11.0 Å². The van der Waals surface area contributed by atoms with Crippen molar-refractivity contribution in [3.63, 3.8) is 0 Å². The van der Waals surface area contributed by atoms with E-state index < -0.39 is 10.9 Å². The summed E-state index contributed by atoms with van der Waals surface area (Å²) in [6.07, 6.45) is 0.